The first-order chi connectivity index (χ1) is 9.49. The fraction of sp³-hybridized carbons (Fsp3) is 0.875. The molecule has 0 aromatic carbocycles. The number of hydrogen-bond donors (Lipinski definition) is 1. The first-order valence-corrected chi connectivity index (χ1v) is 8.08. The minimum Gasteiger partial charge on any atom is -0.305 e. The van der Waals surface area contributed by atoms with Gasteiger partial charge in [-0.15, -0.1) is 0 Å². The highest BCUT2D eigenvalue weighted by Gasteiger charge is 2.39. The van der Waals surface area contributed by atoms with Gasteiger partial charge in [-0.2, -0.15) is 0 Å². The molecule has 1 heterocycles. The number of amides is 2. The van der Waals surface area contributed by atoms with Crippen LogP contribution in [0.3, 0.4) is 0 Å². The third kappa shape index (κ3) is 3.60. The largest absolute Gasteiger partial charge is 0.305 e. The Bertz CT molecular complexity index is 367. The van der Waals surface area contributed by atoms with E-state index in [9.17, 15) is 9.59 Å². The quantitative estimate of drug-likeness (QED) is 0.786. The normalized spacial score (nSPS) is 31.4. The van der Waals surface area contributed by atoms with Gasteiger partial charge in [0.25, 0.3) is 0 Å². The van der Waals surface area contributed by atoms with E-state index in [1.54, 1.807) is 0 Å². The van der Waals surface area contributed by atoms with Crippen molar-refractivity contribution in [1.29, 1.82) is 0 Å². The second-order valence-electron chi connectivity index (χ2n) is 6.83. The van der Waals surface area contributed by atoms with Crippen LogP contribution >= 0.6 is 0 Å². The average Bonchev–Trinajstić information content (AvgIpc) is 2.64. The Morgan fingerprint density at radius 3 is 2.65 bits per heavy atom. The van der Waals surface area contributed by atoms with Crippen LogP contribution < -0.4 is 5.32 Å². The van der Waals surface area contributed by atoms with E-state index in [4.69, 9.17) is 0 Å². The van der Waals surface area contributed by atoms with Gasteiger partial charge >= 0.3 is 0 Å². The highest BCUT2D eigenvalue weighted by molar-refractivity contribution is 6.05. The maximum absolute atomic E-state index is 12.1. The van der Waals surface area contributed by atoms with Crippen LogP contribution in [0.15, 0.2) is 0 Å². The van der Waals surface area contributed by atoms with Gasteiger partial charge in [0.2, 0.25) is 11.8 Å². The third-order valence-corrected chi connectivity index (χ3v) is 4.69. The summed E-state index contributed by atoms with van der Waals surface area (Å²) in [7, 11) is 0. The summed E-state index contributed by atoms with van der Waals surface area (Å²) in [5.41, 5.74) is 0. The van der Waals surface area contributed by atoms with Crippen LogP contribution in [0.5, 0.6) is 0 Å². The summed E-state index contributed by atoms with van der Waals surface area (Å²) in [6.45, 7) is 6.97. The second kappa shape index (κ2) is 6.70. The monoisotopic (exact) mass is 280 g/mol. The lowest BCUT2D eigenvalue weighted by Crippen LogP contribution is -2.42. The summed E-state index contributed by atoms with van der Waals surface area (Å²) in [6, 6.07) is -0.313. The average molecular weight is 280 g/mol. The molecule has 20 heavy (non-hydrogen) atoms. The molecule has 1 aliphatic heterocycles. The second-order valence-corrected chi connectivity index (χ2v) is 6.83. The smallest absolute Gasteiger partial charge is 0.247 e. The molecule has 3 atom stereocenters. The van der Waals surface area contributed by atoms with Crippen LogP contribution in [0, 0.1) is 11.8 Å². The Hall–Kier alpha value is -0.900. The number of rotatable bonds is 5. The third-order valence-electron chi connectivity index (χ3n) is 4.69. The molecule has 2 fully saturated rings. The number of carbonyl (C=O) groups is 2. The van der Waals surface area contributed by atoms with Crippen molar-refractivity contribution in [1.82, 2.24) is 10.2 Å². The molecule has 0 spiro atoms. The zero-order chi connectivity index (χ0) is 14.7. The fourth-order valence-electron chi connectivity index (χ4n) is 3.64. The highest BCUT2D eigenvalue weighted by atomic mass is 16.2. The van der Waals surface area contributed by atoms with Gasteiger partial charge in [-0.1, -0.05) is 26.2 Å². The van der Waals surface area contributed by atoms with E-state index < -0.39 is 0 Å². The van der Waals surface area contributed by atoms with E-state index in [-0.39, 0.29) is 23.9 Å². The Labute approximate surface area is 122 Å². The minimum atomic E-state index is -0.286. The zero-order valence-electron chi connectivity index (χ0n) is 13.0. The number of nitrogens with zero attached hydrogens (tertiary/aromatic N) is 1. The van der Waals surface area contributed by atoms with E-state index in [1.807, 2.05) is 13.8 Å². The number of carbonyl (C=O) groups excluding carboxylic acids is 2. The van der Waals surface area contributed by atoms with Crippen LogP contribution in [-0.4, -0.2) is 35.3 Å². The van der Waals surface area contributed by atoms with Gasteiger partial charge in [-0.05, 0) is 45.1 Å². The molecule has 0 aromatic rings. The van der Waals surface area contributed by atoms with Crippen molar-refractivity contribution in [2.24, 2.45) is 11.8 Å². The van der Waals surface area contributed by atoms with Crippen molar-refractivity contribution in [2.45, 2.75) is 71.4 Å². The van der Waals surface area contributed by atoms with Crippen LogP contribution in [0.25, 0.3) is 0 Å². The van der Waals surface area contributed by atoms with Crippen molar-refractivity contribution in [2.75, 3.05) is 6.54 Å². The summed E-state index contributed by atoms with van der Waals surface area (Å²) in [4.78, 5) is 25.3. The predicted octanol–water partition coefficient (Wildman–Crippen LogP) is 2.33. The van der Waals surface area contributed by atoms with Crippen LogP contribution in [0.2, 0.25) is 0 Å². The van der Waals surface area contributed by atoms with Crippen LogP contribution in [-0.2, 0) is 9.59 Å². The van der Waals surface area contributed by atoms with Gasteiger partial charge in [0.1, 0.15) is 0 Å². The molecule has 0 bridgehead atoms. The zero-order valence-corrected chi connectivity index (χ0v) is 13.0. The van der Waals surface area contributed by atoms with Gasteiger partial charge in [-0.25, -0.2) is 0 Å². The Morgan fingerprint density at radius 2 is 2.05 bits per heavy atom. The molecule has 1 N–H and O–H groups in total. The van der Waals surface area contributed by atoms with Crippen LogP contribution in [0.4, 0.5) is 0 Å². The summed E-state index contributed by atoms with van der Waals surface area (Å²) in [5, 5.41) is 3.30. The predicted molar refractivity (Wildman–Crippen MR) is 79.1 cm³/mol. The minimum absolute atomic E-state index is 0.0269. The van der Waals surface area contributed by atoms with Gasteiger partial charge in [0.15, 0.2) is 0 Å². The molecular formula is C16H28N2O2. The first kappa shape index (κ1) is 15.5. The number of hydrogen-bond acceptors (Lipinski definition) is 3. The van der Waals surface area contributed by atoms with E-state index in [1.165, 1.54) is 30.6 Å². The molecule has 1 aliphatic carbocycles. The molecule has 2 rings (SSSR count). The van der Waals surface area contributed by atoms with Gasteiger partial charge in [0.05, 0.1) is 12.5 Å². The lowest BCUT2D eigenvalue weighted by atomic mass is 9.81. The Kier molecular flexibility index (Phi) is 5.19. The van der Waals surface area contributed by atoms with E-state index in [0.29, 0.717) is 6.42 Å². The molecule has 3 unspecified atom stereocenters. The van der Waals surface area contributed by atoms with Crippen molar-refractivity contribution < 1.29 is 9.59 Å². The van der Waals surface area contributed by atoms with E-state index in [0.717, 1.165) is 24.8 Å². The fourth-order valence-corrected chi connectivity index (χ4v) is 3.64. The van der Waals surface area contributed by atoms with Crippen LogP contribution in [0.1, 0.15) is 59.3 Å². The molecule has 0 aromatic heterocycles. The number of likely N-dealkylation sites (tertiary alicyclic amines) is 1. The van der Waals surface area contributed by atoms with Gasteiger partial charge < -0.3 is 5.32 Å². The summed E-state index contributed by atoms with van der Waals surface area (Å²) in [5.74, 6) is 1.57. The lowest BCUT2D eigenvalue weighted by molar-refractivity contribution is -0.140. The molecule has 0 radical (unpaired) electrons. The maximum Gasteiger partial charge on any atom is 0.247 e. The van der Waals surface area contributed by atoms with Crippen molar-refractivity contribution >= 4 is 11.8 Å². The Balaban J connectivity index is 1.75. The number of imide groups is 1. The molecule has 2 amide bonds. The topological polar surface area (TPSA) is 49.4 Å². The molecule has 2 aliphatic rings. The molecule has 1 saturated carbocycles. The molecule has 4 heteroatoms. The highest BCUT2D eigenvalue weighted by Crippen LogP contribution is 2.30. The first-order valence-electron chi connectivity index (χ1n) is 8.08. The SMILES string of the molecule is CC1CCCC(CCNC2CC(=O)N(C(C)C)C2=O)C1. The molecule has 1 saturated heterocycles. The number of nitrogens with one attached hydrogen (secondary N) is 1. The van der Waals surface area contributed by atoms with Gasteiger partial charge in [0, 0.05) is 6.04 Å². The lowest BCUT2D eigenvalue weighted by Gasteiger charge is -2.27. The van der Waals surface area contributed by atoms with Crippen molar-refractivity contribution in [3.63, 3.8) is 0 Å². The van der Waals surface area contributed by atoms with Crippen molar-refractivity contribution in [3.8, 4) is 0 Å². The maximum atomic E-state index is 12.1. The van der Waals surface area contributed by atoms with Gasteiger partial charge in [-0.3, -0.25) is 14.5 Å². The summed E-state index contributed by atoms with van der Waals surface area (Å²) >= 11 is 0. The molecule has 114 valence electrons. The van der Waals surface area contributed by atoms with E-state index >= 15 is 0 Å². The standard InChI is InChI=1S/C16H28N2O2/c1-11(2)18-15(19)10-14(16(18)20)17-8-7-13-6-4-5-12(3)9-13/h11-14,17H,4-10H2,1-3H3. The van der Waals surface area contributed by atoms with Crippen molar-refractivity contribution in [3.05, 3.63) is 0 Å². The molecular weight excluding hydrogens is 252 g/mol. The van der Waals surface area contributed by atoms with E-state index in [2.05, 4.69) is 12.2 Å². The molecule has 4 nitrogen and oxygen atoms in total. The summed E-state index contributed by atoms with van der Waals surface area (Å²) in [6.07, 6.45) is 6.80. The summed E-state index contributed by atoms with van der Waals surface area (Å²) < 4.78 is 0. The Morgan fingerprint density at radius 1 is 1.30 bits per heavy atom.